The quantitative estimate of drug-likeness (QED) is 0.717. The maximum absolute atomic E-state index is 12.2. The third-order valence-corrected chi connectivity index (χ3v) is 6.54. The Hall–Kier alpha value is -1.74. The Morgan fingerprint density at radius 3 is 2.40 bits per heavy atom. The van der Waals surface area contributed by atoms with Crippen molar-refractivity contribution < 1.29 is 18.1 Å². The number of carbonyl (C=O) groups is 1. The summed E-state index contributed by atoms with van der Waals surface area (Å²) in [6.45, 7) is 4.09. The van der Waals surface area contributed by atoms with Crippen LogP contribution in [0.1, 0.15) is 11.8 Å². The largest absolute Gasteiger partial charge is 0.323 e. The second-order valence-electron chi connectivity index (χ2n) is 5.90. The molecule has 0 saturated carbocycles. The van der Waals surface area contributed by atoms with Crippen molar-refractivity contribution in [2.24, 2.45) is 0 Å². The minimum atomic E-state index is -3.46. The fourth-order valence-corrected chi connectivity index (χ4v) is 4.00. The Morgan fingerprint density at radius 2 is 1.88 bits per heavy atom. The monoisotopic (exact) mass is 382 g/mol. The summed E-state index contributed by atoms with van der Waals surface area (Å²) < 4.78 is 25.2. The first-order chi connectivity index (χ1) is 11.8. The summed E-state index contributed by atoms with van der Waals surface area (Å²) in [4.78, 5) is 14.9. The highest BCUT2D eigenvalue weighted by molar-refractivity contribution is 7.89. The van der Waals surface area contributed by atoms with Gasteiger partial charge in [0.1, 0.15) is 6.54 Å². The number of anilines is 1. The van der Waals surface area contributed by atoms with E-state index in [9.17, 15) is 13.2 Å². The van der Waals surface area contributed by atoms with Crippen LogP contribution in [0.5, 0.6) is 0 Å². The van der Waals surface area contributed by atoms with Crippen molar-refractivity contribution in [1.82, 2.24) is 4.31 Å². The molecule has 0 aliphatic carbocycles. The molecule has 1 atom stereocenters. The molecular weight excluding hydrogens is 358 g/mol. The molecule has 2 aromatic rings. The minimum Gasteiger partial charge on any atom is -0.323 e. The van der Waals surface area contributed by atoms with E-state index in [1.54, 1.807) is 23.5 Å². The van der Waals surface area contributed by atoms with Crippen LogP contribution in [-0.2, 0) is 21.4 Å². The summed E-state index contributed by atoms with van der Waals surface area (Å²) in [5.41, 5.74) is 0.592. The Morgan fingerprint density at radius 1 is 1.20 bits per heavy atom. The first kappa shape index (κ1) is 19.6. The van der Waals surface area contributed by atoms with Crippen molar-refractivity contribution in [3.8, 4) is 0 Å². The highest BCUT2D eigenvalue weighted by Crippen LogP contribution is 2.16. The number of rotatable bonds is 8. The molecule has 25 heavy (non-hydrogen) atoms. The topological polar surface area (TPSA) is 70.9 Å². The van der Waals surface area contributed by atoms with Crippen molar-refractivity contribution in [2.75, 3.05) is 32.5 Å². The summed E-state index contributed by atoms with van der Waals surface area (Å²) >= 11 is 1.69. The summed E-state index contributed by atoms with van der Waals surface area (Å²) in [6.07, 6.45) is 0. The molecule has 1 aromatic heterocycles. The van der Waals surface area contributed by atoms with Crippen LogP contribution in [0.15, 0.2) is 46.7 Å². The van der Waals surface area contributed by atoms with Gasteiger partial charge >= 0.3 is 0 Å². The van der Waals surface area contributed by atoms with Crippen LogP contribution in [0.3, 0.4) is 0 Å². The summed E-state index contributed by atoms with van der Waals surface area (Å²) in [5.74, 6) is -0.0865. The van der Waals surface area contributed by atoms with Crippen molar-refractivity contribution in [1.29, 1.82) is 0 Å². The van der Waals surface area contributed by atoms with Crippen LogP contribution < -0.4 is 10.2 Å². The van der Waals surface area contributed by atoms with E-state index < -0.39 is 10.0 Å². The van der Waals surface area contributed by atoms with Crippen LogP contribution in [0.25, 0.3) is 0 Å². The lowest BCUT2D eigenvalue weighted by atomic mass is 10.3. The van der Waals surface area contributed by atoms with Crippen molar-refractivity contribution in [2.45, 2.75) is 18.4 Å². The number of amides is 1. The maximum atomic E-state index is 12.2. The van der Waals surface area contributed by atoms with Gasteiger partial charge in [-0.1, -0.05) is 6.07 Å². The number of likely N-dealkylation sites (N-methyl/N-ethyl adjacent to an activating group) is 1. The van der Waals surface area contributed by atoms with Crippen LogP contribution >= 0.6 is 11.3 Å². The van der Waals surface area contributed by atoms with E-state index in [0.717, 1.165) is 17.4 Å². The van der Waals surface area contributed by atoms with Gasteiger partial charge in [0.05, 0.1) is 16.3 Å². The zero-order valence-electron chi connectivity index (χ0n) is 14.7. The van der Waals surface area contributed by atoms with Crippen molar-refractivity contribution in [3.63, 3.8) is 0 Å². The molecule has 0 saturated heterocycles. The van der Waals surface area contributed by atoms with E-state index in [0.29, 0.717) is 12.2 Å². The van der Waals surface area contributed by atoms with Gasteiger partial charge in [-0.2, -0.15) is 0 Å². The molecule has 2 rings (SSSR count). The first-order valence-corrected chi connectivity index (χ1v) is 10.3. The number of sulfonamides is 1. The summed E-state index contributed by atoms with van der Waals surface area (Å²) in [5, 5.41) is 4.86. The third-order valence-electron chi connectivity index (χ3n) is 3.83. The number of thiophene rings is 1. The van der Waals surface area contributed by atoms with Gasteiger partial charge in [-0.15, -0.1) is 11.3 Å². The second-order valence-corrected chi connectivity index (χ2v) is 9.08. The van der Waals surface area contributed by atoms with E-state index in [1.807, 2.05) is 11.4 Å². The van der Waals surface area contributed by atoms with E-state index in [1.165, 1.54) is 36.0 Å². The predicted molar refractivity (Wildman–Crippen MR) is 100 cm³/mol. The van der Waals surface area contributed by atoms with Gasteiger partial charge in [-0.25, -0.2) is 12.7 Å². The van der Waals surface area contributed by atoms with Crippen molar-refractivity contribution in [3.05, 3.63) is 46.7 Å². The first-order valence-electron chi connectivity index (χ1n) is 8.01. The molecule has 1 unspecified atom stereocenters. The molecule has 8 heteroatoms. The number of hydrogen-bond acceptors (Lipinski definition) is 4. The van der Waals surface area contributed by atoms with Crippen LogP contribution in [0, 0.1) is 0 Å². The Labute approximate surface area is 153 Å². The van der Waals surface area contributed by atoms with Gasteiger partial charge in [0.25, 0.3) is 5.91 Å². The second kappa shape index (κ2) is 8.57. The Balaban J connectivity index is 1.96. The van der Waals surface area contributed by atoms with Crippen LogP contribution in [0.2, 0.25) is 0 Å². The SMILES string of the molecule is CC[NH+](CC(=O)Nc1ccc(S(=O)(=O)N(C)C)cc1)Cc1cccs1. The normalized spacial score (nSPS) is 13.0. The molecule has 136 valence electrons. The Bertz CT molecular complexity index is 785. The van der Waals surface area contributed by atoms with Gasteiger partial charge in [0.2, 0.25) is 10.0 Å². The molecule has 2 N–H and O–H groups in total. The third kappa shape index (κ3) is 5.37. The van der Waals surface area contributed by atoms with Gasteiger partial charge in [0, 0.05) is 19.8 Å². The molecule has 0 aliphatic heterocycles. The number of benzene rings is 1. The van der Waals surface area contributed by atoms with Gasteiger partial charge < -0.3 is 10.2 Å². The number of carbonyl (C=O) groups excluding carboxylic acids is 1. The smallest absolute Gasteiger partial charge is 0.279 e. The molecule has 1 heterocycles. The lowest BCUT2D eigenvalue weighted by molar-refractivity contribution is -0.903. The lowest BCUT2D eigenvalue weighted by Crippen LogP contribution is -3.11. The standard InChI is InChI=1S/C17H23N3O3S2/c1-4-20(12-15-6-5-11-24-15)13-17(21)18-14-7-9-16(10-8-14)25(22,23)19(2)3/h5-11H,4,12-13H2,1-3H3,(H,18,21)/p+1. The average molecular weight is 383 g/mol. The van der Waals surface area contributed by atoms with E-state index >= 15 is 0 Å². The fraction of sp³-hybridized carbons (Fsp3) is 0.353. The number of nitrogens with zero attached hydrogens (tertiary/aromatic N) is 1. The van der Waals surface area contributed by atoms with Gasteiger partial charge in [-0.3, -0.25) is 4.79 Å². The van der Waals surface area contributed by atoms with Crippen molar-refractivity contribution >= 4 is 33.0 Å². The zero-order chi connectivity index (χ0) is 18.4. The maximum Gasteiger partial charge on any atom is 0.279 e. The van der Waals surface area contributed by atoms with Gasteiger partial charge in [0.15, 0.2) is 6.54 Å². The number of hydrogen-bond donors (Lipinski definition) is 2. The molecule has 1 aromatic carbocycles. The summed E-state index contributed by atoms with van der Waals surface area (Å²) in [7, 11) is -0.483. The molecule has 0 aliphatic rings. The highest BCUT2D eigenvalue weighted by atomic mass is 32.2. The highest BCUT2D eigenvalue weighted by Gasteiger charge is 2.17. The minimum absolute atomic E-state index is 0.0865. The molecule has 1 amide bonds. The number of quaternary nitrogens is 1. The van der Waals surface area contributed by atoms with E-state index in [-0.39, 0.29) is 10.8 Å². The van der Waals surface area contributed by atoms with Crippen LogP contribution in [0.4, 0.5) is 5.69 Å². The average Bonchev–Trinajstić information content (AvgIpc) is 3.07. The lowest BCUT2D eigenvalue weighted by Gasteiger charge is -2.16. The number of nitrogens with one attached hydrogen (secondary N) is 2. The molecule has 0 spiro atoms. The fourth-order valence-electron chi connectivity index (χ4n) is 2.33. The predicted octanol–water partition coefficient (Wildman–Crippen LogP) is 1.04. The van der Waals surface area contributed by atoms with E-state index in [4.69, 9.17) is 0 Å². The zero-order valence-corrected chi connectivity index (χ0v) is 16.3. The summed E-state index contributed by atoms with van der Waals surface area (Å²) in [6, 6.07) is 10.3. The molecule has 0 bridgehead atoms. The van der Waals surface area contributed by atoms with Gasteiger partial charge in [-0.05, 0) is 42.6 Å². The van der Waals surface area contributed by atoms with Crippen LogP contribution in [-0.4, -0.2) is 45.8 Å². The van der Waals surface area contributed by atoms with E-state index in [2.05, 4.69) is 18.3 Å². The molecule has 0 radical (unpaired) electrons. The molecule has 6 nitrogen and oxygen atoms in total. The molecule has 0 fully saturated rings. The molecular formula is C17H24N3O3S2+. The Kier molecular flexibility index (Phi) is 6.71.